The second-order valence-corrected chi connectivity index (χ2v) is 2.56. The second kappa shape index (κ2) is 2.34. The molecule has 0 fully saturated rings. The quantitative estimate of drug-likeness (QED) is 0.542. The lowest BCUT2D eigenvalue weighted by atomic mass is 10.1. The summed E-state index contributed by atoms with van der Waals surface area (Å²) in [6.07, 6.45) is 5.63. The average Bonchev–Trinajstić information content (AvgIpc) is 2.25. The summed E-state index contributed by atoms with van der Waals surface area (Å²) in [6, 6.07) is 0. The minimum atomic E-state index is 0.649. The Balaban J connectivity index is 2.41. The van der Waals surface area contributed by atoms with Crippen LogP contribution >= 0.6 is 0 Å². The molecule has 2 heterocycles. The van der Waals surface area contributed by atoms with Crippen LogP contribution in [-0.4, -0.2) is 18.6 Å². The molecule has 3 nitrogen and oxygen atoms in total. The molecule has 0 aliphatic carbocycles. The third kappa shape index (κ3) is 0.981. The molecule has 0 atom stereocenters. The van der Waals surface area contributed by atoms with Gasteiger partial charge in [0.25, 0.3) is 0 Å². The minimum absolute atomic E-state index is 0.649. The maximum absolute atomic E-state index is 4.20. The molecule has 1 N–H and O–H groups in total. The third-order valence-electron chi connectivity index (χ3n) is 1.74. The normalized spacial score (nSPS) is 21.0. The van der Waals surface area contributed by atoms with Crippen molar-refractivity contribution >= 4 is 11.9 Å². The topological polar surface area (TPSA) is 36.8 Å². The van der Waals surface area contributed by atoms with E-state index in [4.69, 9.17) is 0 Å². The lowest BCUT2D eigenvalue weighted by molar-refractivity contribution is 0.890. The fourth-order valence-electron chi connectivity index (χ4n) is 1.13. The first-order chi connectivity index (χ1) is 5.38. The summed E-state index contributed by atoms with van der Waals surface area (Å²) in [4.78, 5) is 8.29. The van der Waals surface area contributed by atoms with Crippen LogP contribution in [0, 0.1) is 0 Å². The summed E-state index contributed by atoms with van der Waals surface area (Å²) in [5.74, 6) is 0. The highest BCUT2D eigenvalue weighted by Crippen LogP contribution is 2.17. The molecular weight excluding hydrogens is 138 g/mol. The third-order valence-corrected chi connectivity index (χ3v) is 1.74. The van der Waals surface area contributed by atoms with Crippen LogP contribution in [0.3, 0.4) is 0 Å². The van der Waals surface area contributed by atoms with Crippen LogP contribution in [0.1, 0.15) is 6.92 Å². The smallest absolute Gasteiger partial charge is 0.107 e. The Labute approximate surface area is 65.2 Å². The van der Waals surface area contributed by atoms with Gasteiger partial charge in [0.1, 0.15) is 6.67 Å². The highest BCUT2D eigenvalue weighted by atomic mass is 15.0. The molecular formula is C8H9N3. The van der Waals surface area contributed by atoms with Crippen molar-refractivity contribution in [2.45, 2.75) is 6.92 Å². The van der Waals surface area contributed by atoms with Crippen LogP contribution in [0.4, 0.5) is 0 Å². The van der Waals surface area contributed by atoms with Crippen molar-refractivity contribution in [2.24, 2.45) is 9.98 Å². The number of nitrogens with zero attached hydrogens (tertiary/aromatic N) is 2. The summed E-state index contributed by atoms with van der Waals surface area (Å²) < 4.78 is 0. The largest absolute Gasteiger partial charge is 0.372 e. The van der Waals surface area contributed by atoms with Gasteiger partial charge in [-0.05, 0) is 12.5 Å². The molecule has 2 aliphatic heterocycles. The number of allylic oxidation sites excluding steroid dienone is 2. The van der Waals surface area contributed by atoms with Crippen LogP contribution in [0.5, 0.6) is 0 Å². The number of rotatable bonds is 0. The maximum Gasteiger partial charge on any atom is 0.107 e. The Morgan fingerprint density at radius 2 is 2.45 bits per heavy atom. The summed E-state index contributed by atoms with van der Waals surface area (Å²) in [6.45, 7) is 2.69. The van der Waals surface area contributed by atoms with Gasteiger partial charge in [-0.3, -0.25) is 9.98 Å². The molecule has 11 heavy (non-hydrogen) atoms. The molecule has 0 radical (unpaired) electrons. The van der Waals surface area contributed by atoms with Gasteiger partial charge >= 0.3 is 0 Å². The molecule has 2 aliphatic rings. The van der Waals surface area contributed by atoms with Gasteiger partial charge in [-0.1, -0.05) is 0 Å². The van der Waals surface area contributed by atoms with Crippen molar-refractivity contribution in [2.75, 3.05) is 6.67 Å². The van der Waals surface area contributed by atoms with Crippen LogP contribution in [0.2, 0.25) is 0 Å². The zero-order valence-corrected chi connectivity index (χ0v) is 6.33. The molecule has 0 saturated heterocycles. The number of hydrogen-bond donors (Lipinski definition) is 1. The van der Waals surface area contributed by atoms with E-state index in [-0.39, 0.29) is 0 Å². The average molecular weight is 147 g/mol. The van der Waals surface area contributed by atoms with Crippen molar-refractivity contribution in [1.29, 1.82) is 0 Å². The van der Waals surface area contributed by atoms with Crippen molar-refractivity contribution in [3.05, 3.63) is 23.5 Å². The van der Waals surface area contributed by atoms with Crippen LogP contribution < -0.4 is 5.32 Å². The lowest BCUT2D eigenvalue weighted by Gasteiger charge is -1.97. The first-order valence-electron chi connectivity index (χ1n) is 3.56. The van der Waals surface area contributed by atoms with Gasteiger partial charge in [-0.25, -0.2) is 0 Å². The zero-order valence-electron chi connectivity index (χ0n) is 6.33. The van der Waals surface area contributed by atoms with E-state index in [9.17, 15) is 0 Å². The van der Waals surface area contributed by atoms with Gasteiger partial charge in [0.05, 0.1) is 5.71 Å². The van der Waals surface area contributed by atoms with Crippen molar-refractivity contribution < 1.29 is 0 Å². The van der Waals surface area contributed by atoms with Crippen molar-refractivity contribution in [1.82, 2.24) is 5.32 Å². The van der Waals surface area contributed by atoms with E-state index in [1.165, 1.54) is 5.57 Å². The molecule has 0 spiro atoms. The van der Waals surface area contributed by atoms with Crippen molar-refractivity contribution in [3.63, 3.8) is 0 Å². The molecule has 0 aromatic rings. The number of nitrogens with one attached hydrogen (secondary N) is 1. The summed E-state index contributed by atoms with van der Waals surface area (Å²) in [5, 5.41) is 3.07. The Morgan fingerprint density at radius 3 is 3.36 bits per heavy atom. The Morgan fingerprint density at radius 1 is 1.55 bits per heavy atom. The molecule has 0 aromatic carbocycles. The van der Waals surface area contributed by atoms with Gasteiger partial charge in [0.2, 0.25) is 0 Å². The van der Waals surface area contributed by atoms with E-state index in [0.717, 1.165) is 11.3 Å². The van der Waals surface area contributed by atoms with Crippen molar-refractivity contribution in [3.8, 4) is 0 Å². The lowest BCUT2D eigenvalue weighted by Crippen LogP contribution is -2.04. The van der Waals surface area contributed by atoms with Gasteiger partial charge in [0.15, 0.2) is 0 Å². The van der Waals surface area contributed by atoms with Gasteiger partial charge in [-0.15, -0.1) is 0 Å². The van der Waals surface area contributed by atoms with Gasteiger partial charge in [-0.2, -0.15) is 0 Å². The fraction of sp³-hybridized carbons (Fsp3) is 0.250. The van der Waals surface area contributed by atoms with E-state index in [2.05, 4.69) is 15.3 Å². The predicted octanol–water partition coefficient (Wildman–Crippen LogP) is 0.860. The molecule has 2 rings (SSSR count). The SMILES string of the molecule is CC1=CN=C2C=NCNC=C12. The standard InChI is InChI=1S/C8H9N3/c1-6-2-11-8-4-10-5-9-3-7(6)8/h2-4,9H,5H2,1H3. The number of aliphatic imine (C=N–C) groups is 2. The number of hydrogen-bond acceptors (Lipinski definition) is 3. The summed E-state index contributed by atoms with van der Waals surface area (Å²) in [7, 11) is 0. The van der Waals surface area contributed by atoms with Crippen LogP contribution in [0.15, 0.2) is 33.5 Å². The molecule has 3 heteroatoms. The fourth-order valence-corrected chi connectivity index (χ4v) is 1.13. The predicted molar refractivity (Wildman–Crippen MR) is 45.8 cm³/mol. The first-order valence-corrected chi connectivity index (χ1v) is 3.56. The highest BCUT2D eigenvalue weighted by Gasteiger charge is 2.12. The molecule has 0 amide bonds. The second-order valence-electron chi connectivity index (χ2n) is 2.56. The van der Waals surface area contributed by atoms with E-state index < -0.39 is 0 Å². The molecule has 0 aromatic heterocycles. The van der Waals surface area contributed by atoms with Gasteiger partial charge in [0, 0.05) is 24.2 Å². The summed E-state index contributed by atoms with van der Waals surface area (Å²) in [5.41, 5.74) is 3.32. The Hall–Kier alpha value is -1.38. The monoisotopic (exact) mass is 147 g/mol. The van der Waals surface area contributed by atoms with E-state index in [1.54, 1.807) is 6.21 Å². The molecule has 0 bridgehead atoms. The maximum atomic E-state index is 4.20. The Bertz CT molecular complexity index is 294. The molecule has 56 valence electrons. The van der Waals surface area contributed by atoms with Crippen LogP contribution in [0.25, 0.3) is 0 Å². The highest BCUT2D eigenvalue weighted by molar-refractivity contribution is 6.40. The first kappa shape index (κ1) is 6.34. The minimum Gasteiger partial charge on any atom is -0.372 e. The molecule has 0 saturated carbocycles. The Kier molecular flexibility index (Phi) is 1.35. The molecule has 0 unspecified atom stereocenters. The zero-order chi connectivity index (χ0) is 7.68. The number of fused-ring (bicyclic) bond motifs is 1. The van der Waals surface area contributed by atoms with Crippen LogP contribution in [-0.2, 0) is 0 Å². The van der Waals surface area contributed by atoms with E-state index in [1.807, 2.05) is 19.3 Å². The summed E-state index contributed by atoms with van der Waals surface area (Å²) >= 11 is 0. The van der Waals surface area contributed by atoms with E-state index in [0.29, 0.717) is 6.67 Å². The van der Waals surface area contributed by atoms with Gasteiger partial charge < -0.3 is 5.32 Å². The van der Waals surface area contributed by atoms with E-state index >= 15 is 0 Å².